The standard InChI is InChI=1S/C21H12F9N3O3/c1-35-17(34)15-3-2-13(16-31-4-5-33(15)16)14-9-18(36-32-14,21(28,29)30)10-6-11(19(22,23)24)8-12(7-10)20(25,26)27/h2-9,32H,1H3. The van der Waals surface area contributed by atoms with E-state index in [1.807, 2.05) is 5.48 Å². The number of hydrogen-bond acceptors (Lipinski definition) is 5. The number of esters is 1. The Kier molecular flexibility index (Phi) is 5.73. The minimum Gasteiger partial charge on any atom is -0.464 e. The zero-order valence-corrected chi connectivity index (χ0v) is 17.6. The summed E-state index contributed by atoms with van der Waals surface area (Å²) in [4.78, 5) is 20.6. The van der Waals surface area contributed by atoms with Gasteiger partial charge in [0.25, 0.3) is 0 Å². The summed E-state index contributed by atoms with van der Waals surface area (Å²) in [6, 6.07) is 1.93. The van der Waals surface area contributed by atoms with Gasteiger partial charge in [-0.2, -0.15) is 39.5 Å². The summed E-state index contributed by atoms with van der Waals surface area (Å²) in [6.45, 7) is 0. The maximum Gasteiger partial charge on any atom is 0.428 e. The van der Waals surface area contributed by atoms with Crippen molar-refractivity contribution in [2.75, 3.05) is 7.11 Å². The van der Waals surface area contributed by atoms with Gasteiger partial charge >= 0.3 is 24.5 Å². The van der Waals surface area contributed by atoms with Crippen molar-refractivity contribution < 1.29 is 53.9 Å². The number of ether oxygens (including phenoxy) is 1. The molecule has 1 atom stereocenters. The minimum absolute atomic E-state index is 0.0527. The molecule has 4 rings (SSSR count). The van der Waals surface area contributed by atoms with Crippen LogP contribution >= 0.6 is 0 Å². The van der Waals surface area contributed by atoms with Crippen LogP contribution in [0.2, 0.25) is 0 Å². The minimum atomic E-state index is -5.51. The molecule has 1 aliphatic rings. The summed E-state index contributed by atoms with van der Waals surface area (Å²) in [5.74, 6) is -0.803. The fraction of sp³-hybridized carbons (Fsp3) is 0.238. The Balaban J connectivity index is 1.94. The fourth-order valence-corrected chi connectivity index (χ4v) is 3.64. The Hall–Kier alpha value is -3.75. The number of imidazole rings is 1. The van der Waals surface area contributed by atoms with E-state index in [0.29, 0.717) is 6.08 Å². The highest BCUT2D eigenvalue weighted by atomic mass is 19.4. The molecule has 0 radical (unpaired) electrons. The predicted octanol–water partition coefficient (Wildman–Crippen LogP) is 5.49. The van der Waals surface area contributed by atoms with Gasteiger partial charge in [-0.25, -0.2) is 9.78 Å². The van der Waals surface area contributed by atoms with E-state index in [4.69, 9.17) is 0 Å². The van der Waals surface area contributed by atoms with Crippen LogP contribution in [0.1, 0.15) is 32.7 Å². The number of carbonyl (C=O) groups excluding carboxylic acids is 1. The monoisotopic (exact) mass is 525 g/mol. The lowest BCUT2D eigenvalue weighted by atomic mass is 9.88. The Morgan fingerprint density at radius 3 is 2.14 bits per heavy atom. The normalized spacial score (nSPS) is 18.8. The molecule has 1 unspecified atom stereocenters. The summed E-state index contributed by atoms with van der Waals surface area (Å²) in [5, 5.41) is 0. The molecule has 36 heavy (non-hydrogen) atoms. The number of hydrogen-bond donors (Lipinski definition) is 1. The maximum absolute atomic E-state index is 14.3. The highest BCUT2D eigenvalue weighted by Crippen LogP contribution is 2.49. The molecule has 15 heteroatoms. The van der Waals surface area contributed by atoms with Crippen LogP contribution in [-0.2, 0) is 27.5 Å². The van der Waals surface area contributed by atoms with Gasteiger partial charge in [-0.05, 0) is 36.4 Å². The summed E-state index contributed by atoms with van der Waals surface area (Å²) >= 11 is 0. The second-order valence-corrected chi connectivity index (χ2v) is 7.53. The van der Waals surface area contributed by atoms with E-state index in [0.717, 1.165) is 13.2 Å². The lowest BCUT2D eigenvalue weighted by Gasteiger charge is -2.29. The molecule has 3 heterocycles. The molecule has 192 valence electrons. The van der Waals surface area contributed by atoms with Crippen LogP contribution in [0, 0.1) is 0 Å². The third-order valence-corrected chi connectivity index (χ3v) is 5.34. The first-order chi connectivity index (χ1) is 16.6. The lowest BCUT2D eigenvalue weighted by molar-refractivity contribution is -0.269. The molecule has 0 saturated carbocycles. The number of methoxy groups -OCH3 is 1. The lowest BCUT2D eigenvalue weighted by Crippen LogP contribution is -2.43. The topological polar surface area (TPSA) is 64.9 Å². The first kappa shape index (κ1) is 25.3. The van der Waals surface area contributed by atoms with Crippen LogP contribution in [0.25, 0.3) is 11.3 Å². The van der Waals surface area contributed by atoms with Crippen molar-refractivity contribution in [3.63, 3.8) is 0 Å². The van der Waals surface area contributed by atoms with Gasteiger partial charge < -0.3 is 4.74 Å². The Morgan fingerprint density at radius 1 is 1.00 bits per heavy atom. The van der Waals surface area contributed by atoms with Gasteiger partial charge in [-0.3, -0.25) is 14.7 Å². The van der Waals surface area contributed by atoms with Gasteiger partial charge in [0.1, 0.15) is 11.3 Å². The number of nitrogens with one attached hydrogen (secondary N) is 1. The van der Waals surface area contributed by atoms with Crippen molar-refractivity contribution in [2.24, 2.45) is 0 Å². The second kappa shape index (κ2) is 8.15. The smallest absolute Gasteiger partial charge is 0.428 e. The zero-order chi connectivity index (χ0) is 26.7. The zero-order valence-electron chi connectivity index (χ0n) is 17.6. The molecule has 0 amide bonds. The van der Waals surface area contributed by atoms with Crippen molar-refractivity contribution in [3.05, 3.63) is 76.7 Å². The summed E-state index contributed by atoms with van der Waals surface area (Å²) in [7, 11) is 1.09. The molecule has 1 N–H and O–H groups in total. The molecular weight excluding hydrogens is 513 g/mol. The van der Waals surface area contributed by atoms with Gasteiger partial charge in [-0.15, -0.1) is 0 Å². The molecule has 0 fully saturated rings. The first-order valence-electron chi connectivity index (χ1n) is 9.67. The number of nitrogens with zero attached hydrogens (tertiary/aromatic N) is 2. The van der Waals surface area contributed by atoms with Crippen LogP contribution in [0.5, 0.6) is 0 Å². The van der Waals surface area contributed by atoms with Gasteiger partial charge in [-0.1, -0.05) is 0 Å². The van der Waals surface area contributed by atoms with E-state index in [9.17, 15) is 44.3 Å². The maximum atomic E-state index is 14.3. The molecular formula is C21H12F9N3O3. The van der Waals surface area contributed by atoms with Crippen molar-refractivity contribution in [2.45, 2.75) is 24.1 Å². The highest BCUT2D eigenvalue weighted by Gasteiger charge is 2.60. The van der Waals surface area contributed by atoms with Crippen molar-refractivity contribution in [1.29, 1.82) is 0 Å². The first-order valence-corrected chi connectivity index (χ1v) is 9.67. The summed E-state index contributed by atoms with van der Waals surface area (Å²) in [5.41, 5.74) is -7.82. The average molecular weight is 525 g/mol. The van der Waals surface area contributed by atoms with E-state index < -0.39 is 52.5 Å². The number of aromatic nitrogens is 2. The molecule has 6 nitrogen and oxygen atoms in total. The SMILES string of the molecule is COC(=O)c1ccc(C2=CC(c3cc(C(F)(F)F)cc(C(F)(F)F)c3)(C(F)(F)F)ON2)c2nccn12. The third-order valence-electron chi connectivity index (χ3n) is 5.34. The van der Waals surface area contributed by atoms with E-state index in [1.165, 1.54) is 22.9 Å². The number of alkyl halides is 9. The van der Waals surface area contributed by atoms with Crippen LogP contribution in [0.4, 0.5) is 39.5 Å². The molecule has 0 aliphatic carbocycles. The van der Waals surface area contributed by atoms with Gasteiger partial charge in [0.2, 0.25) is 5.60 Å². The number of hydroxylamine groups is 1. The van der Waals surface area contributed by atoms with Gasteiger partial charge in [0.05, 0.1) is 23.9 Å². The predicted molar refractivity (Wildman–Crippen MR) is 103 cm³/mol. The number of halogens is 9. The van der Waals surface area contributed by atoms with Crippen molar-refractivity contribution in [1.82, 2.24) is 14.9 Å². The summed E-state index contributed by atoms with van der Waals surface area (Å²) < 4.78 is 128. The second-order valence-electron chi connectivity index (χ2n) is 7.53. The quantitative estimate of drug-likeness (QED) is 0.362. The molecule has 1 aliphatic heterocycles. The van der Waals surface area contributed by atoms with Crippen LogP contribution < -0.4 is 5.48 Å². The largest absolute Gasteiger partial charge is 0.464 e. The number of carbonyl (C=O) groups is 1. The molecule has 1 aromatic carbocycles. The average Bonchev–Trinajstić information content (AvgIpc) is 3.44. The number of benzene rings is 1. The van der Waals surface area contributed by atoms with E-state index in [2.05, 4.69) is 14.6 Å². The van der Waals surface area contributed by atoms with E-state index in [-0.39, 0.29) is 35.1 Å². The molecule has 3 aromatic rings. The van der Waals surface area contributed by atoms with Gasteiger partial charge in [0, 0.05) is 23.5 Å². The number of fused-ring (bicyclic) bond motifs is 1. The van der Waals surface area contributed by atoms with Crippen molar-refractivity contribution in [3.8, 4) is 0 Å². The summed E-state index contributed by atoms with van der Waals surface area (Å²) in [6.07, 6.45) is -13.5. The van der Waals surface area contributed by atoms with Crippen LogP contribution in [-0.4, -0.2) is 28.6 Å². The third kappa shape index (κ3) is 4.12. The fourth-order valence-electron chi connectivity index (χ4n) is 3.64. The molecule has 0 saturated heterocycles. The van der Waals surface area contributed by atoms with E-state index >= 15 is 0 Å². The molecule has 0 spiro atoms. The molecule has 2 aromatic heterocycles. The van der Waals surface area contributed by atoms with Crippen LogP contribution in [0.15, 0.2) is 48.8 Å². The Morgan fingerprint density at radius 2 is 1.61 bits per heavy atom. The van der Waals surface area contributed by atoms with Crippen molar-refractivity contribution >= 4 is 17.3 Å². The number of pyridine rings is 1. The highest BCUT2D eigenvalue weighted by molar-refractivity contribution is 5.90. The van der Waals surface area contributed by atoms with Gasteiger partial charge in [0.15, 0.2) is 0 Å². The Labute approximate surface area is 194 Å². The Bertz CT molecular complexity index is 1340. The van der Waals surface area contributed by atoms with E-state index in [1.54, 1.807) is 0 Å². The number of rotatable bonds is 3. The van der Waals surface area contributed by atoms with Crippen LogP contribution in [0.3, 0.4) is 0 Å². The molecule has 0 bridgehead atoms.